The molecule has 100 valence electrons. The summed E-state index contributed by atoms with van der Waals surface area (Å²) in [5, 5.41) is 9.27. The molecule has 3 rings (SSSR count). The lowest BCUT2D eigenvalue weighted by Crippen LogP contribution is -2.41. The van der Waals surface area contributed by atoms with E-state index < -0.39 is 0 Å². The number of amides is 2. The van der Waals surface area contributed by atoms with Gasteiger partial charge in [0.2, 0.25) is 11.8 Å². The fraction of sp³-hybridized carbons (Fsp3) is 0.467. The van der Waals surface area contributed by atoms with Crippen LogP contribution >= 0.6 is 0 Å². The third-order valence-corrected chi connectivity index (χ3v) is 4.10. The number of carbonyl (C=O) groups excluding carboxylic acids is 2. The first-order chi connectivity index (χ1) is 9.15. The summed E-state index contributed by atoms with van der Waals surface area (Å²) in [6, 6.07) is 9.47. The minimum atomic E-state index is -0.321. The first kappa shape index (κ1) is 12.4. The topological polar surface area (TPSA) is 57.6 Å². The monoisotopic (exact) mass is 259 g/mol. The highest BCUT2D eigenvalue weighted by Crippen LogP contribution is 2.33. The number of benzene rings is 1. The fourth-order valence-electron chi connectivity index (χ4n) is 2.93. The number of rotatable bonds is 3. The van der Waals surface area contributed by atoms with Gasteiger partial charge in [0.1, 0.15) is 0 Å². The third-order valence-electron chi connectivity index (χ3n) is 4.10. The van der Waals surface area contributed by atoms with Gasteiger partial charge in [0.05, 0.1) is 12.0 Å². The Kier molecular flexibility index (Phi) is 3.11. The standard InChI is InChI=1S/C15H17NO3/c17-12-6-10(7-12)9-16-14(18)8-13(15(16)19)11-4-2-1-3-5-11/h1-5,10,12-13,17H,6-9H2. The smallest absolute Gasteiger partial charge is 0.237 e. The number of hydrogen-bond donors (Lipinski definition) is 1. The number of aliphatic hydroxyl groups is 1. The molecule has 1 N–H and O–H groups in total. The Bertz CT molecular complexity index is 493. The van der Waals surface area contributed by atoms with Crippen molar-refractivity contribution in [3.05, 3.63) is 35.9 Å². The van der Waals surface area contributed by atoms with Gasteiger partial charge in [0.25, 0.3) is 0 Å². The molecule has 1 heterocycles. The Morgan fingerprint density at radius 1 is 1.16 bits per heavy atom. The van der Waals surface area contributed by atoms with E-state index in [9.17, 15) is 14.7 Å². The summed E-state index contributed by atoms with van der Waals surface area (Å²) < 4.78 is 0. The first-order valence-corrected chi connectivity index (χ1v) is 6.72. The molecule has 1 aliphatic heterocycles. The van der Waals surface area contributed by atoms with Gasteiger partial charge in [0, 0.05) is 13.0 Å². The second-order valence-corrected chi connectivity index (χ2v) is 5.50. The summed E-state index contributed by atoms with van der Waals surface area (Å²) in [5.74, 6) is -0.214. The van der Waals surface area contributed by atoms with E-state index in [1.54, 1.807) is 0 Å². The maximum atomic E-state index is 12.3. The lowest BCUT2D eigenvalue weighted by molar-refractivity contribution is -0.140. The molecule has 1 aliphatic carbocycles. The van der Waals surface area contributed by atoms with Crippen molar-refractivity contribution in [1.29, 1.82) is 0 Å². The molecule has 2 fully saturated rings. The van der Waals surface area contributed by atoms with Crippen LogP contribution in [0.25, 0.3) is 0 Å². The van der Waals surface area contributed by atoms with Gasteiger partial charge in [-0.25, -0.2) is 0 Å². The summed E-state index contributed by atoms with van der Waals surface area (Å²) in [6.45, 7) is 0.470. The van der Waals surface area contributed by atoms with Gasteiger partial charge in [-0.2, -0.15) is 0 Å². The lowest BCUT2D eigenvalue weighted by Gasteiger charge is -2.33. The SMILES string of the molecule is O=C1CC(c2ccccc2)C(=O)N1CC1CC(O)C1. The Labute approximate surface area is 112 Å². The predicted molar refractivity (Wildman–Crippen MR) is 69.3 cm³/mol. The van der Waals surface area contributed by atoms with Crippen molar-refractivity contribution in [1.82, 2.24) is 4.90 Å². The molecule has 0 bridgehead atoms. The number of hydrogen-bond acceptors (Lipinski definition) is 3. The molecular formula is C15H17NO3. The van der Waals surface area contributed by atoms with Crippen LogP contribution in [0, 0.1) is 5.92 Å². The molecule has 2 aliphatic rings. The molecule has 19 heavy (non-hydrogen) atoms. The van der Waals surface area contributed by atoms with Crippen molar-refractivity contribution in [2.75, 3.05) is 6.54 Å². The highest BCUT2D eigenvalue weighted by molar-refractivity contribution is 6.06. The highest BCUT2D eigenvalue weighted by Gasteiger charge is 2.41. The van der Waals surface area contributed by atoms with Crippen molar-refractivity contribution < 1.29 is 14.7 Å². The number of nitrogens with zero attached hydrogens (tertiary/aromatic N) is 1. The molecule has 1 saturated heterocycles. The molecule has 1 saturated carbocycles. The molecule has 0 aromatic heterocycles. The van der Waals surface area contributed by atoms with Gasteiger partial charge in [0.15, 0.2) is 0 Å². The van der Waals surface area contributed by atoms with Crippen LogP contribution in [0.4, 0.5) is 0 Å². The van der Waals surface area contributed by atoms with Crippen molar-refractivity contribution in [2.45, 2.75) is 31.3 Å². The summed E-state index contributed by atoms with van der Waals surface area (Å²) >= 11 is 0. The molecule has 4 nitrogen and oxygen atoms in total. The van der Waals surface area contributed by atoms with E-state index in [1.165, 1.54) is 4.90 Å². The van der Waals surface area contributed by atoms with Gasteiger partial charge in [-0.15, -0.1) is 0 Å². The van der Waals surface area contributed by atoms with Crippen molar-refractivity contribution in [3.8, 4) is 0 Å². The van der Waals surface area contributed by atoms with Crippen molar-refractivity contribution in [2.24, 2.45) is 5.92 Å². The van der Waals surface area contributed by atoms with Crippen molar-refractivity contribution in [3.63, 3.8) is 0 Å². The molecule has 1 aromatic carbocycles. The van der Waals surface area contributed by atoms with E-state index in [4.69, 9.17) is 0 Å². The molecular weight excluding hydrogens is 242 g/mol. The Hall–Kier alpha value is -1.68. The Balaban J connectivity index is 1.71. The zero-order chi connectivity index (χ0) is 13.4. The average Bonchev–Trinajstić information content (AvgIpc) is 2.66. The maximum absolute atomic E-state index is 12.3. The van der Waals surface area contributed by atoms with E-state index in [0.29, 0.717) is 19.4 Å². The van der Waals surface area contributed by atoms with Crippen molar-refractivity contribution >= 4 is 11.8 Å². The van der Waals surface area contributed by atoms with Crippen LogP contribution in [0.5, 0.6) is 0 Å². The predicted octanol–water partition coefficient (Wildman–Crippen LogP) is 1.30. The van der Waals surface area contributed by atoms with E-state index in [-0.39, 0.29) is 36.2 Å². The Morgan fingerprint density at radius 3 is 2.47 bits per heavy atom. The minimum absolute atomic E-state index is 0.0831. The van der Waals surface area contributed by atoms with Crippen LogP contribution in [0.15, 0.2) is 30.3 Å². The van der Waals surface area contributed by atoms with Crippen LogP contribution in [0.2, 0.25) is 0 Å². The van der Waals surface area contributed by atoms with Gasteiger partial charge < -0.3 is 5.11 Å². The normalized spacial score (nSPS) is 30.6. The maximum Gasteiger partial charge on any atom is 0.237 e. The van der Waals surface area contributed by atoms with Gasteiger partial charge in [-0.05, 0) is 24.3 Å². The molecule has 4 heteroatoms. The quantitative estimate of drug-likeness (QED) is 0.832. The van der Waals surface area contributed by atoms with Gasteiger partial charge in [-0.1, -0.05) is 30.3 Å². The van der Waals surface area contributed by atoms with Crippen LogP contribution in [-0.2, 0) is 9.59 Å². The van der Waals surface area contributed by atoms with Crippen LogP contribution in [0.3, 0.4) is 0 Å². The molecule has 1 atom stereocenters. The number of likely N-dealkylation sites (tertiary alicyclic amines) is 1. The van der Waals surface area contributed by atoms with Crippen LogP contribution in [0.1, 0.15) is 30.7 Å². The molecule has 1 unspecified atom stereocenters. The van der Waals surface area contributed by atoms with E-state index >= 15 is 0 Å². The fourth-order valence-corrected chi connectivity index (χ4v) is 2.93. The second kappa shape index (κ2) is 4.78. The summed E-state index contributed by atoms with van der Waals surface area (Å²) in [7, 11) is 0. The average molecular weight is 259 g/mol. The van der Waals surface area contributed by atoms with E-state index in [2.05, 4.69) is 0 Å². The third kappa shape index (κ3) is 2.28. The van der Waals surface area contributed by atoms with Gasteiger partial charge in [-0.3, -0.25) is 14.5 Å². The zero-order valence-electron chi connectivity index (χ0n) is 10.7. The largest absolute Gasteiger partial charge is 0.393 e. The zero-order valence-corrected chi connectivity index (χ0v) is 10.7. The van der Waals surface area contributed by atoms with Crippen LogP contribution in [-0.4, -0.2) is 34.5 Å². The highest BCUT2D eigenvalue weighted by atomic mass is 16.3. The number of aliphatic hydroxyl groups excluding tert-OH is 1. The van der Waals surface area contributed by atoms with Gasteiger partial charge >= 0.3 is 0 Å². The summed E-state index contributed by atoms with van der Waals surface area (Å²) in [4.78, 5) is 25.7. The molecule has 2 amide bonds. The number of imide groups is 1. The second-order valence-electron chi connectivity index (χ2n) is 5.50. The molecule has 0 radical (unpaired) electrons. The summed E-state index contributed by atoms with van der Waals surface area (Å²) in [6.07, 6.45) is 1.43. The van der Waals surface area contributed by atoms with E-state index in [0.717, 1.165) is 5.56 Å². The lowest BCUT2D eigenvalue weighted by atomic mass is 9.82. The first-order valence-electron chi connectivity index (χ1n) is 6.72. The molecule has 1 aromatic rings. The summed E-state index contributed by atoms with van der Waals surface area (Å²) in [5.41, 5.74) is 0.914. The van der Waals surface area contributed by atoms with E-state index in [1.807, 2.05) is 30.3 Å². The Morgan fingerprint density at radius 2 is 1.84 bits per heavy atom. The van der Waals surface area contributed by atoms with Crippen LogP contribution < -0.4 is 0 Å². The molecule has 0 spiro atoms. The number of carbonyl (C=O) groups is 2. The minimum Gasteiger partial charge on any atom is -0.393 e.